The Kier molecular flexibility index (Phi) is 5.20. The highest BCUT2D eigenvalue weighted by Crippen LogP contribution is 2.32. The number of aromatic nitrogens is 1. The zero-order chi connectivity index (χ0) is 21.9. The number of ether oxygens (including phenoxy) is 4. The number of hydrogen-bond donors (Lipinski definition) is 2. The zero-order valence-electron chi connectivity index (χ0n) is 16.8. The van der Waals surface area contributed by atoms with Gasteiger partial charge in [-0.2, -0.15) is 0 Å². The smallest absolute Gasteiger partial charge is 0.269 e. The molecular formula is C23H19N3O6. The second kappa shape index (κ2) is 8.46. The predicted octanol–water partition coefficient (Wildman–Crippen LogP) is 2.64. The first kappa shape index (κ1) is 19.7. The van der Waals surface area contributed by atoms with Gasteiger partial charge >= 0.3 is 0 Å². The van der Waals surface area contributed by atoms with Crippen LogP contribution in [0, 0.1) is 0 Å². The van der Waals surface area contributed by atoms with Crippen molar-refractivity contribution in [2.24, 2.45) is 0 Å². The van der Waals surface area contributed by atoms with Gasteiger partial charge in [0.1, 0.15) is 13.2 Å². The third-order valence-electron chi connectivity index (χ3n) is 4.94. The van der Waals surface area contributed by atoms with E-state index < -0.39 is 24.0 Å². The van der Waals surface area contributed by atoms with E-state index in [1.54, 1.807) is 42.5 Å². The lowest BCUT2D eigenvalue weighted by Gasteiger charge is -2.26. The quantitative estimate of drug-likeness (QED) is 0.651. The van der Waals surface area contributed by atoms with Crippen molar-refractivity contribution in [1.82, 2.24) is 4.98 Å². The van der Waals surface area contributed by atoms with E-state index in [2.05, 4.69) is 15.6 Å². The van der Waals surface area contributed by atoms with Crippen LogP contribution in [0.2, 0.25) is 0 Å². The van der Waals surface area contributed by atoms with Gasteiger partial charge in [0.2, 0.25) is 12.2 Å². The molecule has 0 saturated heterocycles. The summed E-state index contributed by atoms with van der Waals surface area (Å²) >= 11 is 0. The van der Waals surface area contributed by atoms with Crippen LogP contribution >= 0.6 is 0 Å². The van der Waals surface area contributed by atoms with Crippen molar-refractivity contribution >= 4 is 23.2 Å². The summed E-state index contributed by atoms with van der Waals surface area (Å²) in [6.07, 6.45) is 1.27. The van der Waals surface area contributed by atoms with Gasteiger partial charge in [0.25, 0.3) is 11.8 Å². The van der Waals surface area contributed by atoms with Crippen molar-refractivity contribution in [2.75, 3.05) is 23.8 Å². The summed E-state index contributed by atoms with van der Waals surface area (Å²) in [5.74, 6) is 1.33. The average Bonchev–Trinajstić information content (AvgIpc) is 2.84. The van der Waals surface area contributed by atoms with Gasteiger partial charge in [0.15, 0.2) is 23.0 Å². The number of hydrogen-bond acceptors (Lipinski definition) is 7. The van der Waals surface area contributed by atoms with Gasteiger partial charge in [-0.3, -0.25) is 14.6 Å². The molecule has 0 spiro atoms. The average molecular weight is 433 g/mol. The number of nitrogens with one attached hydrogen (secondary N) is 2. The molecule has 162 valence electrons. The molecule has 0 radical (unpaired) electrons. The van der Waals surface area contributed by atoms with Crippen LogP contribution in [0.25, 0.3) is 0 Å². The first-order valence-electron chi connectivity index (χ1n) is 10.00. The highest BCUT2D eigenvalue weighted by atomic mass is 16.6. The van der Waals surface area contributed by atoms with Crippen LogP contribution in [0.3, 0.4) is 0 Å². The Balaban J connectivity index is 1.25. The number of benzene rings is 2. The first-order valence-corrected chi connectivity index (χ1v) is 10.00. The monoisotopic (exact) mass is 433 g/mol. The minimum atomic E-state index is -0.847. The zero-order valence-corrected chi connectivity index (χ0v) is 16.8. The minimum Gasteiger partial charge on any atom is -0.485 e. The second-order valence-electron chi connectivity index (χ2n) is 7.13. The number of pyridine rings is 1. The summed E-state index contributed by atoms with van der Waals surface area (Å²) in [6, 6.07) is 15.8. The van der Waals surface area contributed by atoms with Crippen LogP contribution in [-0.2, 0) is 9.59 Å². The molecule has 2 amide bonds. The van der Waals surface area contributed by atoms with Crippen molar-refractivity contribution in [2.45, 2.75) is 12.2 Å². The molecular weight excluding hydrogens is 414 g/mol. The van der Waals surface area contributed by atoms with Gasteiger partial charge in [0, 0.05) is 6.20 Å². The molecule has 2 aliphatic rings. The highest BCUT2D eigenvalue weighted by Gasteiger charge is 2.30. The highest BCUT2D eigenvalue weighted by molar-refractivity contribution is 6.02. The van der Waals surface area contributed by atoms with Crippen LogP contribution in [0.1, 0.15) is 0 Å². The normalized spacial score (nSPS) is 18.4. The molecule has 1 aromatic heterocycles. The fourth-order valence-corrected chi connectivity index (χ4v) is 3.33. The third-order valence-corrected chi connectivity index (χ3v) is 4.94. The summed E-state index contributed by atoms with van der Waals surface area (Å²) in [4.78, 5) is 29.5. The van der Waals surface area contributed by atoms with Crippen LogP contribution in [0.15, 0.2) is 67.0 Å². The van der Waals surface area contributed by atoms with E-state index in [9.17, 15) is 9.59 Å². The number of para-hydroxylation sites is 4. The number of carbonyl (C=O) groups is 2. The van der Waals surface area contributed by atoms with E-state index in [4.69, 9.17) is 18.9 Å². The van der Waals surface area contributed by atoms with Gasteiger partial charge < -0.3 is 29.6 Å². The Morgan fingerprint density at radius 1 is 0.719 bits per heavy atom. The molecule has 3 heterocycles. The van der Waals surface area contributed by atoms with E-state index >= 15 is 0 Å². The maximum absolute atomic E-state index is 12.8. The number of rotatable bonds is 4. The van der Waals surface area contributed by atoms with Crippen LogP contribution in [0.5, 0.6) is 23.0 Å². The number of nitrogens with zero attached hydrogens (tertiary/aromatic N) is 1. The molecule has 2 atom stereocenters. The summed E-state index contributed by atoms with van der Waals surface area (Å²) in [7, 11) is 0. The molecule has 3 aromatic rings. The van der Waals surface area contributed by atoms with E-state index in [1.807, 2.05) is 12.1 Å². The molecule has 2 N–H and O–H groups in total. The van der Waals surface area contributed by atoms with Gasteiger partial charge in [0.05, 0.1) is 17.6 Å². The summed E-state index contributed by atoms with van der Waals surface area (Å²) in [5, 5.41) is 5.51. The summed E-state index contributed by atoms with van der Waals surface area (Å²) in [6.45, 7) is 0.139. The molecule has 0 bridgehead atoms. The fourth-order valence-electron chi connectivity index (χ4n) is 3.33. The maximum Gasteiger partial charge on any atom is 0.269 e. The van der Waals surface area contributed by atoms with Crippen molar-refractivity contribution in [3.05, 3.63) is 67.0 Å². The Bertz CT molecular complexity index is 1080. The fraction of sp³-hybridized carbons (Fsp3) is 0.174. The molecule has 9 nitrogen and oxygen atoms in total. The molecule has 32 heavy (non-hydrogen) atoms. The lowest BCUT2D eigenvalue weighted by Crippen LogP contribution is -2.41. The van der Waals surface area contributed by atoms with E-state index in [0.29, 0.717) is 34.4 Å². The largest absolute Gasteiger partial charge is 0.485 e. The Hall–Kier alpha value is -4.27. The molecule has 9 heteroatoms. The topological polar surface area (TPSA) is 108 Å². The number of anilines is 2. The summed E-state index contributed by atoms with van der Waals surface area (Å²) in [5.41, 5.74) is 0.698. The van der Waals surface area contributed by atoms with Gasteiger partial charge in [-0.05, 0) is 30.3 Å². The first-order chi connectivity index (χ1) is 15.7. The van der Waals surface area contributed by atoms with Crippen molar-refractivity contribution in [3.63, 3.8) is 0 Å². The standard InChI is InChI=1S/C23H19N3O6/c27-22(20-12-29-16-5-1-3-7-18(16)31-20)25-14-9-10-24-11-15(14)26-23(28)21-13-30-17-6-2-4-8-19(17)32-21/h1-11,20-21H,12-13H2,(H,26,28)(H,24,25,27). The molecule has 2 unspecified atom stereocenters. The minimum absolute atomic E-state index is 0.0669. The van der Waals surface area contributed by atoms with Crippen molar-refractivity contribution < 1.29 is 28.5 Å². The van der Waals surface area contributed by atoms with Crippen LogP contribution in [0.4, 0.5) is 11.4 Å². The lowest BCUT2D eigenvalue weighted by molar-refractivity contribution is -0.125. The molecule has 2 aliphatic heterocycles. The second-order valence-corrected chi connectivity index (χ2v) is 7.13. The van der Waals surface area contributed by atoms with E-state index in [0.717, 1.165) is 0 Å². The van der Waals surface area contributed by atoms with Crippen LogP contribution in [-0.4, -0.2) is 42.2 Å². The molecule has 0 aliphatic carbocycles. The Morgan fingerprint density at radius 3 is 1.78 bits per heavy atom. The third kappa shape index (κ3) is 4.00. The summed E-state index contributed by atoms with van der Waals surface area (Å²) < 4.78 is 22.7. The Morgan fingerprint density at radius 2 is 1.22 bits per heavy atom. The molecule has 2 aromatic carbocycles. The molecule has 0 fully saturated rings. The van der Waals surface area contributed by atoms with Gasteiger partial charge in [-0.15, -0.1) is 0 Å². The number of fused-ring (bicyclic) bond motifs is 2. The van der Waals surface area contributed by atoms with Crippen molar-refractivity contribution in [3.8, 4) is 23.0 Å². The van der Waals surface area contributed by atoms with Crippen molar-refractivity contribution in [1.29, 1.82) is 0 Å². The molecule has 0 saturated carbocycles. The predicted molar refractivity (Wildman–Crippen MR) is 114 cm³/mol. The van der Waals surface area contributed by atoms with Crippen LogP contribution < -0.4 is 29.6 Å². The van der Waals surface area contributed by atoms with Gasteiger partial charge in [-0.25, -0.2) is 0 Å². The van der Waals surface area contributed by atoms with E-state index in [1.165, 1.54) is 12.4 Å². The lowest BCUT2D eigenvalue weighted by atomic mass is 10.2. The SMILES string of the molecule is O=C(Nc1ccncc1NC(=O)C1COc2ccccc2O1)C1COc2ccccc2O1. The van der Waals surface area contributed by atoms with Gasteiger partial charge in [-0.1, -0.05) is 24.3 Å². The number of amides is 2. The number of carbonyl (C=O) groups excluding carboxylic acids is 2. The Labute approximate surface area is 183 Å². The molecule has 5 rings (SSSR count). The van der Waals surface area contributed by atoms with E-state index in [-0.39, 0.29) is 13.2 Å². The maximum atomic E-state index is 12.8.